The Kier molecular flexibility index (Phi) is 7.55. The van der Waals surface area contributed by atoms with Gasteiger partial charge < -0.3 is 10.1 Å². The van der Waals surface area contributed by atoms with Crippen LogP contribution in [0.5, 0.6) is 5.75 Å². The number of anilines is 1. The van der Waals surface area contributed by atoms with E-state index in [1.54, 1.807) is 29.2 Å². The van der Waals surface area contributed by atoms with Crippen molar-refractivity contribution in [1.29, 1.82) is 0 Å². The molecule has 0 saturated carbocycles. The van der Waals surface area contributed by atoms with E-state index in [4.69, 9.17) is 47.0 Å². The molecule has 0 bridgehead atoms. The molecule has 13 heteroatoms. The van der Waals surface area contributed by atoms with E-state index in [-0.39, 0.29) is 10.9 Å². The Hall–Kier alpha value is -3.57. The molecule has 0 radical (unpaired) electrons. The van der Waals surface area contributed by atoms with Gasteiger partial charge in [-0.15, -0.1) is 13.2 Å². The maximum atomic E-state index is 12.5. The molecule has 0 saturated heterocycles. The van der Waals surface area contributed by atoms with Crippen LogP contribution < -0.4 is 15.5 Å². The number of hydrazone groups is 1. The Balaban J connectivity index is 1.31. The predicted octanol–water partition coefficient (Wildman–Crippen LogP) is 8.36. The van der Waals surface area contributed by atoms with Gasteiger partial charge in [-0.3, -0.25) is 9.99 Å². The standard InChI is InChI=1S/C26H15Cl3F3N5OS/c27-16-10-20(28)24(21(29)11-16)35-25(39)36-34-12-14-1-7-19-15(9-14)2-8-22-23(19)33-13-37(22)17-3-5-18(6-4-17)38-26(30,31)32/h1-13H,(H2,35,36,39). The summed E-state index contributed by atoms with van der Waals surface area (Å²) in [7, 11) is 0. The third-order valence-electron chi connectivity index (χ3n) is 5.53. The van der Waals surface area contributed by atoms with Gasteiger partial charge in [0.1, 0.15) is 12.1 Å². The summed E-state index contributed by atoms with van der Waals surface area (Å²) in [5.41, 5.74) is 6.12. The van der Waals surface area contributed by atoms with Crippen LogP contribution in [0.15, 0.2) is 78.2 Å². The van der Waals surface area contributed by atoms with Crippen LogP contribution in [0.2, 0.25) is 15.1 Å². The fraction of sp³-hybridized carbons (Fsp3) is 0.0385. The number of ether oxygens (including phenoxy) is 1. The number of hydrogen-bond donors (Lipinski definition) is 2. The minimum Gasteiger partial charge on any atom is -0.406 e. The molecular formula is C26H15Cl3F3N5OS. The van der Waals surface area contributed by atoms with Gasteiger partial charge in [-0.1, -0.05) is 53.0 Å². The van der Waals surface area contributed by atoms with Crippen molar-refractivity contribution in [3.8, 4) is 11.4 Å². The summed E-state index contributed by atoms with van der Waals surface area (Å²) in [5, 5.41) is 10.1. The minimum absolute atomic E-state index is 0.184. The molecule has 0 amide bonds. The maximum absolute atomic E-state index is 12.5. The lowest BCUT2D eigenvalue weighted by Crippen LogP contribution is -2.24. The van der Waals surface area contributed by atoms with Crippen LogP contribution in [0.4, 0.5) is 18.9 Å². The molecule has 4 aromatic carbocycles. The molecule has 0 unspecified atom stereocenters. The number of nitrogens with one attached hydrogen (secondary N) is 2. The number of fused-ring (bicyclic) bond motifs is 3. The van der Waals surface area contributed by atoms with Gasteiger partial charge in [-0.25, -0.2) is 4.98 Å². The summed E-state index contributed by atoms with van der Waals surface area (Å²) >= 11 is 23.5. The number of alkyl halides is 3. The first kappa shape index (κ1) is 27.0. The van der Waals surface area contributed by atoms with Crippen LogP contribution in [-0.4, -0.2) is 27.2 Å². The number of benzene rings is 4. The van der Waals surface area contributed by atoms with Crippen molar-refractivity contribution in [2.75, 3.05) is 5.32 Å². The van der Waals surface area contributed by atoms with Gasteiger partial charge in [-0.2, -0.15) is 5.10 Å². The number of halogens is 6. The summed E-state index contributed by atoms with van der Waals surface area (Å²) in [6, 6.07) is 18.2. The molecule has 0 atom stereocenters. The third-order valence-corrected chi connectivity index (χ3v) is 6.54. The average molecular weight is 609 g/mol. The number of imidazole rings is 1. The molecule has 198 valence electrons. The van der Waals surface area contributed by atoms with Gasteiger partial charge in [0.25, 0.3) is 0 Å². The second kappa shape index (κ2) is 10.9. The maximum Gasteiger partial charge on any atom is 0.573 e. The fourth-order valence-corrected chi connectivity index (χ4v) is 4.96. The van der Waals surface area contributed by atoms with Gasteiger partial charge in [0, 0.05) is 16.1 Å². The molecule has 5 aromatic rings. The highest BCUT2D eigenvalue weighted by Gasteiger charge is 2.31. The number of nitrogens with zero attached hydrogens (tertiary/aromatic N) is 3. The number of thiocarbonyl (C=S) groups is 1. The highest BCUT2D eigenvalue weighted by molar-refractivity contribution is 7.80. The summed E-state index contributed by atoms with van der Waals surface area (Å²) in [5.74, 6) is -0.293. The lowest BCUT2D eigenvalue weighted by Gasteiger charge is -2.11. The minimum atomic E-state index is -4.75. The van der Waals surface area contributed by atoms with Crippen molar-refractivity contribution in [3.63, 3.8) is 0 Å². The van der Waals surface area contributed by atoms with E-state index in [0.29, 0.717) is 26.4 Å². The van der Waals surface area contributed by atoms with Crippen LogP contribution >= 0.6 is 47.0 Å². The van der Waals surface area contributed by atoms with Crippen LogP contribution in [-0.2, 0) is 0 Å². The molecule has 5 rings (SSSR count). The average Bonchev–Trinajstić information content (AvgIpc) is 3.30. The van der Waals surface area contributed by atoms with E-state index in [9.17, 15) is 13.2 Å². The van der Waals surface area contributed by atoms with E-state index in [1.165, 1.54) is 24.3 Å². The van der Waals surface area contributed by atoms with Crippen molar-refractivity contribution < 1.29 is 17.9 Å². The van der Waals surface area contributed by atoms with Crippen molar-refractivity contribution in [1.82, 2.24) is 15.0 Å². The molecule has 39 heavy (non-hydrogen) atoms. The molecular weight excluding hydrogens is 594 g/mol. The zero-order valence-corrected chi connectivity index (χ0v) is 22.5. The summed E-state index contributed by atoms with van der Waals surface area (Å²) in [6.45, 7) is 0. The zero-order chi connectivity index (χ0) is 27.7. The molecule has 1 heterocycles. The lowest BCUT2D eigenvalue weighted by atomic mass is 10.1. The second-order valence-electron chi connectivity index (χ2n) is 8.14. The van der Waals surface area contributed by atoms with E-state index in [1.807, 2.05) is 30.3 Å². The first-order chi connectivity index (χ1) is 18.6. The van der Waals surface area contributed by atoms with Crippen LogP contribution in [0.3, 0.4) is 0 Å². The van der Waals surface area contributed by atoms with Crippen molar-refractivity contribution in [2.24, 2.45) is 5.10 Å². The highest BCUT2D eigenvalue weighted by Crippen LogP contribution is 2.33. The van der Waals surface area contributed by atoms with Crippen LogP contribution in [0.1, 0.15) is 5.56 Å². The molecule has 0 aliphatic rings. The Morgan fingerprint density at radius 1 is 0.974 bits per heavy atom. The van der Waals surface area contributed by atoms with Crippen molar-refractivity contribution in [2.45, 2.75) is 6.36 Å². The summed E-state index contributed by atoms with van der Waals surface area (Å²) in [4.78, 5) is 4.53. The van der Waals surface area contributed by atoms with Crippen LogP contribution in [0.25, 0.3) is 27.5 Å². The smallest absolute Gasteiger partial charge is 0.406 e. The zero-order valence-electron chi connectivity index (χ0n) is 19.4. The van der Waals surface area contributed by atoms with Crippen molar-refractivity contribution in [3.05, 3.63) is 93.7 Å². The Labute approximate surface area is 239 Å². The lowest BCUT2D eigenvalue weighted by molar-refractivity contribution is -0.274. The molecule has 0 aliphatic carbocycles. The first-order valence-electron chi connectivity index (χ1n) is 11.1. The molecule has 0 spiro atoms. The SMILES string of the molecule is FC(F)(F)Oc1ccc(-n2cnc3c4ccc(C=NNC(=S)Nc5c(Cl)cc(Cl)cc5Cl)cc4ccc32)cc1. The summed E-state index contributed by atoms with van der Waals surface area (Å²) in [6.07, 6.45) is -1.52. The van der Waals surface area contributed by atoms with Gasteiger partial charge in [0.15, 0.2) is 5.11 Å². The molecule has 6 nitrogen and oxygen atoms in total. The predicted molar refractivity (Wildman–Crippen MR) is 154 cm³/mol. The molecule has 2 N–H and O–H groups in total. The number of hydrogen-bond acceptors (Lipinski definition) is 4. The second-order valence-corrected chi connectivity index (χ2v) is 9.80. The Morgan fingerprint density at radius 3 is 2.38 bits per heavy atom. The molecule has 1 aromatic heterocycles. The fourth-order valence-electron chi connectivity index (χ4n) is 3.89. The van der Waals surface area contributed by atoms with E-state index in [2.05, 4.69) is 25.6 Å². The van der Waals surface area contributed by atoms with Crippen molar-refractivity contribution >= 4 is 85.8 Å². The van der Waals surface area contributed by atoms with Crippen LogP contribution in [0, 0.1) is 0 Å². The first-order valence-corrected chi connectivity index (χ1v) is 12.6. The Morgan fingerprint density at radius 2 is 1.69 bits per heavy atom. The topological polar surface area (TPSA) is 63.5 Å². The van der Waals surface area contributed by atoms with Gasteiger partial charge in [0.2, 0.25) is 0 Å². The quantitative estimate of drug-likeness (QED) is 0.119. The highest BCUT2D eigenvalue weighted by atomic mass is 35.5. The van der Waals surface area contributed by atoms with E-state index in [0.717, 1.165) is 27.4 Å². The van der Waals surface area contributed by atoms with Gasteiger partial charge in [0.05, 0.1) is 33.0 Å². The largest absolute Gasteiger partial charge is 0.573 e. The normalized spacial score (nSPS) is 11.8. The van der Waals surface area contributed by atoms with Gasteiger partial charge >= 0.3 is 6.36 Å². The Bertz CT molecular complexity index is 1720. The van der Waals surface area contributed by atoms with Gasteiger partial charge in [-0.05, 0) is 71.7 Å². The number of aromatic nitrogens is 2. The van der Waals surface area contributed by atoms with E-state index >= 15 is 0 Å². The third kappa shape index (κ3) is 6.20. The molecule has 0 aliphatic heterocycles. The van der Waals surface area contributed by atoms with E-state index < -0.39 is 6.36 Å². The molecule has 0 fully saturated rings. The summed E-state index contributed by atoms with van der Waals surface area (Å²) < 4.78 is 43.1. The monoisotopic (exact) mass is 607 g/mol. The number of rotatable bonds is 5.